The van der Waals surface area contributed by atoms with E-state index in [0.29, 0.717) is 31.7 Å². The highest BCUT2D eigenvalue weighted by molar-refractivity contribution is 5.78. The molecule has 112 valence electrons. The van der Waals surface area contributed by atoms with Crippen molar-refractivity contribution in [1.82, 2.24) is 5.32 Å². The minimum atomic E-state index is -0.0605. The van der Waals surface area contributed by atoms with E-state index >= 15 is 0 Å². The molecule has 3 N–H and O–H groups in total. The van der Waals surface area contributed by atoms with Crippen molar-refractivity contribution in [2.45, 2.75) is 58.5 Å². The van der Waals surface area contributed by atoms with Crippen molar-refractivity contribution >= 4 is 5.91 Å². The van der Waals surface area contributed by atoms with E-state index in [1.165, 1.54) is 32.1 Å². The Morgan fingerprint density at radius 3 is 2.58 bits per heavy atom. The van der Waals surface area contributed by atoms with E-state index in [2.05, 4.69) is 19.2 Å². The summed E-state index contributed by atoms with van der Waals surface area (Å²) >= 11 is 0. The smallest absolute Gasteiger partial charge is 0.224 e. The number of hydrogen-bond donors (Lipinski definition) is 2. The average molecular weight is 270 g/mol. The molecule has 0 saturated heterocycles. The summed E-state index contributed by atoms with van der Waals surface area (Å²) in [4.78, 5) is 11.9. The molecule has 1 aliphatic rings. The number of nitrogens with two attached hydrogens (primary N) is 1. The van der Waals surface area contributed by atoms with Gasteiger partial charge in [-0.3, -0.25) is 4.79 Å². The van der Waals surface area contributed by atoms with Crippen LogP contribution in [0.4, 0.5) is 0 Å². The summed E-state index contributed by atoms with van der Waals surface area (Å²) in [7, 11) is 0. The van der Waals surface area contributed by atoms with E-state index in [1.54, 1.807) is 0 Å². The van der Waals surface area contributed by atoms with Crippen molar-refractivity contribution < 1.29 is 9.53 Å². The number of carbonyl (C=O) groups is 1. The van der Waals surface area contributed by atoms with Gasteiger partial charge >= 0.3 is 0 Å². The molecule has 4 nitrogen and oxygen atoms in total. The van der Waals surface area contributed by atoms with Gasteiger partial charge in [0.15, 0.2) is 0 Å². The molecule has 1 atom stereocenters. The maximum atomic E-state index is 11.9. The predicted octanol–water partition coefficient (Wildman–Crippen LogP) is 2.07. The van der Waals surface area contributed by atoms with Crippen LogP contribution in [-0.4, -0.2) is 31.7 Å². The largest absolute Gasteiger partial charge is 0.376 e. The molecule has 0 aromatic rings. The van der Waals surface area contributed by atoms with Gasteiger partial charge in [-0.05, 0) is 25.2 Å². The third-order valence-corrected chi connectivity index (χ3v) is 3.72. The summed E-state index contributed by atoms with van der Waals surface area (Å²) in [6.45, 7) is 5.87. The van der Waals surface area contributed by atoms with Gasteiger partial charge in [-0.15, -0.1) is 0 Å². The molecule has 1 saturated carbocycles. The summed E-state index contributed by atoms with van der Waals surface area (Å²) in [6, 6.07) is 0. The third kappa shape index (κ3) is 6.92. The first-order valence-corrected chi connectivity index (χ1v) is 7.72. The van der Waals surface area contributed by atoms with Crippen molar-refractivity contribution in [3.63, 3.8) is 0 Å². The zero-order valence-electron chi connectivity index (χ0n) is 12.5. The van der Waals surface area contributed by atoms with Gasteiger partial charge < -0.3 is 15.8 Å². The van der Waals surface area contributed by atoms with Crippen LogP contribution in [0.25, 0.3) is 0 Å². The molecule has 1 unspecified atom stereocenters. The SMILES string of the molecule is CC(C)CC(CN)C(=O)NCCOC1CCCCC1. The number of rotatable bonds is 8. The Kier molecular flexibility index (Phi) is 8.07. The molecule has 1 aliphatic carbocycles. The maximum Gasteiger partial charge on any atom is 0.224 e. The first-order chi connectivity index (χ1) is 9.13. The lowest BCUT2D eigenvalue weighted by molar-refractivity contribution is -0.125. The van der Waals surface area contributed by atoms with Crippen molar-refractivity contribution in [2.24, 2.45) is 17.6 Å². The summed E-state index contributed by atoms with van der Waals surface area (Å²) < 4.78 is 5.78. The standard InChI is InChI=1S/C15H30N2O2/c1-12(2)10-13(11-16)15(18)17-8-9-19-14-6-4-3-5-7-14/h12-14H,3-11,16H2,1-2H3,(H,17,18). The lowest BCUT2D eigenvalue weighted by Gasteiger charge is -2.22. The predicted molar refractivity (Wildman–Crippen MR) is 77.8 cm³/mol. The Hall–Kier alpha value is -0.610. The van der Waals surface area contributed by atoms with Crippen molar-refractivity contribution in [2.75, 3.05) is 19.7 Å². The highest BCUT2D eigenvalue weighted by Crippen LogP contribution is 2.19. The quantitative estimate of drug-likeness (QED) is 0.664. The molecule has 1 rings (SSSR count). The van der Waals surface area contributed by atoms with Crippen LogP contribution >= 0.6 is 0 Å². The summed E-state index contributed by atoms with van der Waals surface area (Å²) in [6.07, 6.45) is 7.50. The zero-order valence-corrected chi connectivity index (χ0v) is 12.5. The first-order valence-electron chi connectivity index (χ1n) is 7.72. The summed E-state index contributed by atoms with van der Waals surface area (Å²) in [5.41, 5.74) is 5.65. The maximum absolute atomic E-state index is 11.9. The monoisotopic (exact) mass is 270 g/mol. The molecule has 1 fully saturated rings. The van der Waals surface area contributed by atoms with Crippen LogP contribution in [0.5, 0.6) is 0 Å². The van der Waals surface area contributed by atoms with Crippen LogP contribution in [0.3, 0.4) is 0 Å². The molecule has 0 heterocycles. The molecule has 0 aromatic carbocycles. The van der Waals surface area contributed by atoms with Gasteiger partial charge in [0.1, 0.15) is 0 Å². The second kappa shape index (κ2) is 9.32. The number of nitrogens with one attached hydrogen (secondary N) is 1. The van der Waals surface area contributed by atoms with E-state index < -0.39 is 0 Å². The minimum Gasteiger partial charge on any atom is -0.376 e. The van der Waals surface area contributed by atoms with Crippen molar-refractivity contribution in [3.05, 3.63) is 0 Å². The topological polar surface area (TPSA) is 64.4 Å². The second-order valence-corrected chi connectivity index (χ2v) is 5.98. The number of hydrogen-bond acceptors (Lipinski definition) is 3. The number of ether oxygens (including phenoxy) is 1. The zero-order chi connectivity index (χ0) is 14.1. The Bertz CT molecular complexity index is 251. The Labute approximate surface area is 117 Å². The average Bonchev–Trinajstić information content (AvgIpc) is 2.41. The first kappa shape index (κ1) is 16.4. The van der Waals surface area contributed by atoms with Gasteiger partial charge in [-0.1, -0.05) is 33.1 Å². The minimum absolute atomic E-state index is 0.0605. The molecule has 1 amide bonds. The molecule has 0 aliphatic heterocycles. The van der Waals surface area contributed by atoms with E-state index in [0.717, 1.165) is 6.42 Å². The van der Waals surface area contributed by atoms with Gasteiger partial charge in [-0.25, -0.2) is 0 Å². The Balaban J connectivity index is 2.11. The summed E-state index contributed by atoms with van der Waals surface area (Å²) in [5.74, 6) is 0.510. The fraction of sp³-hybridized carbons (Fsp3) is 0.933. The van der Waals surface area contributed by atoms with Crippen LogP contribution in [0.15, 0.2) is 0 Å². The molecule has 0 spiro atoms. The molecule has 0 aromatic heterocycles. The van der Waals surface area contributed by atoms with Crippen LogP contribution in [0.2, 0.25) is 0 Å². The van der Waals surface area contributed by atoms with Crippen LogP contribution in [0, 0.1) is 11.8 Å². The van der Waals surface area contributed by atoms with Crippen LogP contribution < -0.4 is 11.1 Å². The van der Waals surface area contributed by atoms with Crippen LogP contribution in [-0.2, 0) is 9.53 Å². The van der Waals surface area contributed by atoms with E-state index in [9.17, 15) is 4.79 Å². The fourth-order valence-electron chi connectivity index (χ4n) is 2.66. The van der Waals surface area contributed by atoms with Gasteiger partial charge in [0.2, 0.25) is 5.91 Å². The van der Waals surface area contributed by atoms with Gasteiger partial charge in [-0.2, -0.15) is 0 Å². The van der Waals surface area contributed by atoms with E-state index in [1.807, 2.05) is 0 Å². The number of amides is 1. The summed E-state index contributed by atoms with van der Waals surface area (Å²) in [5, 5.41) is 2.93. The fourth-order valence-corrected chi connectivity index (χ4v) is 2.66. The van der Waals surface area contributed by atoms with Crippen LogP contribution in [0.1, 0.15) is 52.4 Å². The Morgan fingerprint density at radius 1 is 1.32 bits per heavy atom. The molecular formula is C15H30N2O2. The lowest BCUT2D eigenvalue weighted by atomic mass is 9.96. The van der Waals surface area contributed by atoms with Gasteiger partial charge in [0.25, 0.3) is 0 Å². The normalized spacial score (nSPS) is 18.5. The third-order valence-electron chi connectivity index (χ3n) is 3.72. The van der Waals surface area contributed by atoms with Gasteiger partial charge in [0.05, 0.1) is 18.6 Å². The Morgan fingerprint density at radius 2 is 2.00 bits per heavy atom. The van der Waals surface area contributed by atoms with E-state index in [-0.39, 0.29) is 11.8 Å². The van der Waals surface area contributed by atoms with Gasteiger partial charge in [0, 0.05) is 13.1 Å². The molecule has 0 radical (unpaired) electrons. The molecule has 4 heteroatoms. The molecule has 0 bridgehead atoms. The molecule has 19 heavy (non-hydrogen) atoms. The highest BCUT2D eigenvalue weighted by Gasteiger charge is 2.18. The lowest BCUT2D eigenvalue weighted by Crippen LogP contribution is -2.37. The van der Waals surface area contributed by atoms with Crippen molar-refractivity contribution in [3.8, 4) is 0 Å². The highest BCUT2D eigenvalue weighted by atomic mass is 16.5. The van der Waals surface area contributed by atoms with Crippen molar-refractivity contribution in [1.29, 1.82) is 0 Å². The molecular weight excluding hydrogens is 240 g/mol. The number of carbonyl (C=O) groups excluding carboxylic acids is 1. The second-order valence-electron chi connectivity index (χ2n) is 5.98. The van der Waals surface area contributed by atoms with E-state index in [4.69, 9.17) is 10.5 Å².